The number of rotatable bonds is 4. The van der Waals surface area contributed by atoms with E-state index < -0.39 is 20.0 Å². The van der Waals surface area contributed by atoms with Gasteiger partial charge < -0.3 is 10.2 Å². The zero-order chi connectivity index (χ0) is 21.2. The third kappa shape index (κ3) is 5.24. The third-order valence-electron chi connectivity index (χ3n) is 4.41. The van der Waals surface area contributed by atoms with Gasteiger partial charge in [0, 0.05) is 36.9 Å². The van der Waals surface area contributed by atoms with Gasteiger partial charge in [-0.3, -0.25) is 0 Å². The highest BCUT2D eigenvalue weighted by atomic mass is 35.5. The molecule has 1 aliphatic rings. The first-order chi connectivity index (χ1) is 13.6. The van der Waals surface area contributed by atoms with E-state index >= 15 is 0 Å². The lowest BCUT2D eigenvalue weighted by Gasteiger charge is -2.35. The highest BCUT2D eigenvalue weighted by Crippen LogP contribution is 2.20. The van der Waals surface area contributed by atoms with Crippen LogP contribution < -0.4 is 10.5 Å². The van der Waals surface area contributed by atoms with Crippen LogP contribution in [0, 0.1) is 0 Å². The SMILES string of the molecule is NS(=O)(=O)c1ccc(NC(=S)N2CCN(S(=O)(=O)c3ccc(Cl)cc3)CC2)cc1. The van der Waals surface area contributed by atoms with Gasteiger partial charge in [0.2, 0.25) is 20.0 Å². The molecule has 0 aliphatic carbocycles. The Kier molecular flexibility index (Phi) is 6.46. The Bertz CT molecular complexity index is 1100. The first-order valence-corrected chi connectivity index (χ1v) is 12.3. The van der Waals surface area contributed by atoms with Gasteiger partial charge in [0.15, 0.2) is 5.11 Å². The van der Waals surface area contributed by atoms with E-state index in [1.54, 1.807) is 24.3 Å². The molecular formula is C17H19ClN4O4S3. The molecule has 12 heteroatoms. The van der Waals surface area contributed by atoms with E-state index in [1.807, 2.05) is 4.90 Å². The molecule has 0 spiro atoms. The summed E-state index contributed by atoms with van der Waals surface area (Å²) in [6.45, 7) is 1.43. The van der Waals surface area contributed by atoms with Crippen LogP contribution in [0.3, 0.4) is 0 Å². The topological polar surface area (TPSA) is 113 Å². The van der Waals surface area contributed by atoms with E-state index in [4.69, 9.17) is 29.0 Å². The van der Waals surface area contributed by atoms with Crippen molar-refractivity contribution >= 4 is 54.7 Å². The van der Waals surface area contributed by atoms with Gasteiger partial charge >= 0.3 is 0 Å². The number of halogens is 1. The summed E-state index contributed by atoms with van der Waals surface area (Å²) in [7, 11) is -7.34. The first-order valence-electron chi connectivity index (χ1n) is 8.52. The van der Waals surface area contributed by atoms with E-state index in [0.717, 1.165) is 0 Å². The van der Waals surface area contributed by atoms with Crippen molar-refractivity contribution in [3.63, 3.8) is 0 Å². The fourth-order valence-corrected chi connectivity index (χ4v) is 5.18. The second kappa shape index (κ2) is 8.54. The molecule has 3 N–H and O–H groups in total. The molecule has 0 saturated carbocycles. The Balaban J connectivity index is 1.60. The van der Waals surface area contributed by atoms with Crippen molar-refractivity contribution in [3.05, 3.63) is 53.6 Å². The van der Waals surface area contributed by atoms with Crippen LogP contribution in [-0.4, -0.2) is 57.3 Å². The number of primary sulfonamides is 1. The van der Waals surface area contributed by atoms with Crippen LogP contribution in [0.1, 0.15) is 0 Å². The molecule has 0 unspecified atom stereocenters. The lowest BCUT2D eigenvalue weighted by molar-refractivity contribution is 0.268. The Labute approximate surface area is 180 Å². The van der Waals surface area contributed by atoms with Gasteiger partial charge in [0.05, 0.1) is 9.79 Å². The first kappa shape index (κ1) is 21.9. The summed E-state index contributed by atoms with van der Waals surface area (Å²) in [5, 5.41) is 9.00. The Hall–Kier alpha value is -1.76. The van der Waals surface area contributed by atoms with Crippen molar-refractivity contribution in [1.82, 2.24) is 9.21 Å². The zero-order valence-corrected chi connectivity index (χ0v) is 18.4. The highest BCUT2D eigenvalue weighted by Gasteiger charge is 2.29. The summed E-state index contributed by atoms with van der Waals surface area (Å²) < 4.78 is 49.5. The maximum Gasteiger partial charge on any atom is 0.243 e. The number of nitrogens with one attached hydrogen (secondary N) is 1. The molecule has 0 atom stereocenters. The molecule has 1 heterocycles. The largest absolute Gasteiger partial charge is 0.346 e. The minimum atomic E-state index is -3.75. The molecule has 2 aromatic rings. The van der Waals surface area contributed by atoms with Gasteiger partial charge in [-0.15, -0.1) is 0 Å². The lowest BCUT2D eigenvalue weighted by Crippen LogP contribution is -2.51. The van der Waals surface area contributed by atoms with Crippen LogP contribution in [-0.2, 0) is 20.0 Å². The lowest BCUT2D eigenvalue weighted by atomic mass is 10.3. The summed E-state index contributed by atoms with van der Waals surface area (Å²) in [5.41, 5.74) is 0.610. The molecule has 1 fully saturated rings. The zero-order valence-electron chi connectivity index (χ0n) is 15.2. The number of benzene rings is 2. The summed E-state index contributed by atoms with van der Waals surface area (Å²) in [5.74, 6) is 0. The number of nitrogens with two attached hydrogens (primary N) is 1. The smallest absolute Gasteiger partial charge is 0.243 e. The van der Waals surface area contributed by atoms with E-state index in [0.29, 0.717) is 28.9 Å². The van der Waals surface area contributed by atoms with Crippen molar-refractivity contribution < 1.29 is 16.8 Å². The van der Waals surface area contributed by atoms with Crippen molar-refractivity contribution in [2.24, 2.45) is 5.14 Å². The maximum absolute atomic E-state index is 12.7. The van der Waals surface area contributed by atoms with Crippen molar-refractivity contribution in [1.29, 1.82) is 0 Å². The standard InChI is InChI=1S/C17H19ClN4O4S3/c18-13-1-5-16(6-2-13)29(25,26)22-11-9-21(10-12-22)17(27)20-14-3-7-15(8-4-14)28(19,23)24/h1-8H,9-12H2,(H,20,27)(H2,19,23,24). The molecular weight excluding hydrogens is 456 g/mol. The summed E-state index contributed by atoms with van der Waals surface area (Å²) in [6, 6.07) is 12.0. The van der Waals surface area contributed by atoms with Crippen LogP contribution in [0.2, 0.25) is 5.02 Å². The average Bonchev–Trinajstić information content (AvgIpc) is 2.68. The quantitative estimate of drug-likeness (QED) is 0.648. The second-order valence-corrected chi connectivity index (χ2v) is 10.7. The van der Waals surface area contributed by atoms with Gasteiger partial charge in [-0.1, -0.05) is 11.6 Å². The molecule has 0 bridgehead atoms. The van der Waals surface area contributed by atoms with E-state index in [9.17, 15) is 16.8 Å². The number of piperazine rings is 1. The molecule has 156 valence electrons. The van der Waals surface area contributed by atoms with Gasteiger partial charge in [-0.25, -0.2) is 22.0 Å². The second-order valence-electron chi connectivity index (χ2n) is 6.34. The van der Waals surface area contributed by atoms with Gasteiger partial charge in [0.1, 0.15) is 0 Å². The molecule has 0 radical (unpaired) electrons. The molecule has 0 aromatic heterocycles. The number of anilines is 1. The fourth-order valence-electron chi connectivity index (χ4n) is 2.82. The predicted octanol–water partition coefficient (Wildman–Crippen LogP) is 1.69. The Morgan fingerprint density at radius 3 is 1.93 bits per heavy atom. The van der Waals surface area contributed by atoms with Gasteiger partial charge in [-0.05, 0) is 60.7 Å². The third-order valence-corrected chi connectivity index (χ3v) is 7.87. The summed E-state index contributed by atoms with van der Waals surface area (Å²) in [6.07, 6.45) is 0. The Morgan fingerprint density at radius 1 is 0.897 bits per heavy atom. The van der Waals surface area contributed by atoms with E-state index in [2.05, 4.69) is 5.32 Å². The average molecular weight is 475 g/mol. The molecule has 29 heavy (non-hydrogen) atoms. The summed E-state index contributed by atoms with van der Waals surface area (Å²) in [4.78, 5) is 2.07. The van der Waals surface area contributed by atoms with E-state index in [-0.39, 0.29) is 22.9 Å². The van der Waals surface area contributed by atoms with Gasteiger partial charge in [-0.2, -0.15) is 4.31 Å². The highest BCUT2D eigenvalue weighted by molar-refractivity contribution is 7.89. The van der Waals surface area contributed by atoms with Crippen molar-refractivity contribution in [2.45, 2.75) is 9.79 Å². The van der Waals surface area contributed by atoms with Crippen molar-refractivity contribution in [2.75, 3.05) is 31.5 Å². The summed E-state index contributed by atoms with van der Waals surface area (Å²) >= 11 is 11.2. The molecule has 1 saturated heterocycles. The van der Waals surface area contributed by atoms with Crippen LogP contribution in [0.25, 0.3) is 0 Å². The minimum absolute atomic E-state index is 0.00925. The molecule has 3 rings (SSSR count). The number of thiocarbonyl (C=S) groups is 1. The number of sulfonamides is 2. The van der Waals surface area contributed by atoms with Crippen LogP contribution in [0.5, 0.6) is 0 Å². The number of hydrogen-bond acceptors (Lipinski definition) is 5. The fraction of sp³-hybridized carbons (Fsp3) is 0.235. The van der Waals surface area contributed by atoms with Crippen LogP contribution in [0.4, 0.5) is 5.69 Å². The number of nitrogens with zero attached hydrogens (tertiary/aromatic N) is 2. The minimum Gasteiger partial charge on any atom is -0.346 e. The molecule has 1 aliphatic heterocycles. The molecule has 0 amide bonds. The normalized spacial score (nSPS) is 15.9. The molecule has 2 aromatic carbocycles. The van der Waals surface area contributed by atoms with Gasteiger partial charge in [0.25, 0.3) is 0 Å². The van der Waals surface area contributed by atoms with Crippen LogP contribution in [0.15, 0.2) is 58.3 Å². The van der Waals surface area contributed by atoms with Crippen LogP contribution >= 0.6 is 23.8 Å². The predicted molar refractivity (Wildman–Crippen MR) is 116 cm³/mol. The molecule has 8 nitrogen and oxygen atoms in total. The monoisotopic (exact) mass is 474 g/mol. The van der Waals surface area contributed by atoms with Crippen molar-refractivity contribution in [3.8, 4) is 0 Å². The van der Waals surface area contributed by atoms with E-state index in [1.165, 1.54) is 28.6 Å². The maximum atomic E-state index is 12.7. The number of hydrogen-bond donors (Lipinski definition) is 2. The Morgan fingerprint density at radius 2 is 1.41 bits per heavy atom.